The molecule has 0 amide bonds. The van der Waals surface area contributed by atoms with E-state index < -0.39 is 0 Å². The fraction of sp³-hybridized carbons (Fsp3) is 0.312. The first-order chi connectivity index (χ1) is 9.66. The fourth-order valence-corrected chi connectivity index (χ4v) is 2.06. The van der Waals surface area contributed by atoms with E-state index >= 15 is 0 Å². The smallest absolute Gasteiger partial charge is 0.145 e. The Morgan fingerprint density at radius 2 is 2.10 bits per heavy atom. The van der Waals surface area contributed by atoms with Gasteiger partial charge in [-0.25, -0.2) is 0 Å². The molecule has 1 aromatic heterocycles. The summed E-state index contributed by atoms with van der Waals surface area (Å²) in [6.07, 6.45) is 3.40. The summed E-state index contributed by atoms with van der Waals surface area (Å²) in [6, 6.07) is 9.41. The van der Waals surface area contributed by atoms with Gasteiger partial charge in [-0.3, -0.25) is 4.98 Å². The summed E-state index contributed by atoms with van der Waals surface area (Å²) in [5.74, 6) is 2.07. The third-order valence-corrected chi connectivity index (χ3v) is 3.15. The van der Waals surface area contributed by atoms with Gasteiger partial charge in [0.25, 0.3) is 0 Å². The maximum absolute atomic E-state index is 6.28. The maximum atomic E-state index is 6.28. The predicted molar refractivity (Wildman–Crippen MR) is 82.3 cm³/mol. The molecule has 0 spiro atoms. The van der Waals surface area contributed by atoms with Gasteiger partial charge in [-0.15, -0.1) is 0 Å². The second kappa shape index (κ2) is 7.27. The highest BCUT2D eigenvalue weighted by Gasteiger charge is 2.09. The number of aromatic nitrogens is 1. The van der Waals surface area contributed by atoms with Crippen molar-refractivity contribution in [2.75, 3.05) is 6.54 Å². The molecule has 0 bridgehead atoms. The zero-order chi connectivity index (χ0) is 14.4. The van der Waals surface area contributed by atoms with Crippen LogP contribution in [0.1, 0.15) is 19.4 Å². The molecule has 1 heterocycles. The largest absolute Gasteiger partial charge is 0.455 e. The molecular weight excluding hydrogens is 272 g/mol. The van der Waals surface area contributed by atoms with E-state index in [1.54, 1.807) is 12.4 Å². The minimum atomic E-state index is 0.597. The minimum Gasteiger partial charge on any atom is -0.455 e. The first kappa shape index (κ1) is 14.8. The molecule has 20 heavy (non-hydrogen) atoms. The molecule has 2 aromatic rings. The molecule has 0 saturated carbocycles. The number of ether oxygens (including phenoxy) is 1. The Hall–Kier alpha value is -1.58. The normalized spacial score (nSPS) is 10.8. The Morgan fingerprint density at radius 1 is 1.25 bits per heavy atom. The summed E-state index contributed by atoms with van der Waals surface area (Å²) in [4.78, 5) is 4.04. The lowest BCUT2D eigenvalue weighted by molar-refractivity contribution is 0.467. The summed E-state index contributed by atoms with van der Waals surface area (Å²) in [7, 11) is 0. The third-order valence-electron chi connectivity index (χ3n) is 2.79. The quantitative estimate of drug-likeness (QED) is 0.862. The zero-order valence-corrected chi connectivity index (χ0v) is 12.5. The van der Waals surface area contributed by atoms with Gasteiger partial charge in [-0.05, 0) is 36.7 Å². The summed E-state index contributed by atoms with van der Waals surface area (Å²) in [6.45, 7) is 5.98. The van der Waals surface area contributed by atoms with E-state index in [1.165, 1.54) is 0 Å². The van der Waals surface area contributed by atoms with Crippen molar-refractivity contribution < 1.29 is 4.74 Å². The van der Waals surface area contributed by atoms with Crippen LogP contribution in [0.2, 0.25) is 5.02 Å². The molecule has 0 aliphatic heterocycles. The van der Waals surface area contributed by atoms with Crippen molar-refractivity contribution in [3.05, 3.63) is 53.3 Å². The molecule has 0 atom stereocenters. The molecule has 4 heteroatoms. The van der Waals surface area contributed by atoms with Crippen LogP contribution < -0.4 is 10.1 Å². The van der Waals surface area contributed by atoms with Crippen LogP contribution in [0.3, 0.4) is 0 Å². The van der Waals surface area contributed by atoms with Crippen molar-refractivity contribution in [3.63, 3.8) is 0 Å². The van der Waals surface area contributed by atoms with E-state index in [0.717, 1.165) is 17.9 Å². The molecule has 0 unspecified atom stereocenters. The van der Waals surface area contributed by atoms with Gasteiger partial charge in [0.2, 0.25) is 0 Å². The number of nitrogens with zero attached hydrogens (tertiary/aromatic N) is 1. The first-order valence-electron chi connectivity index (χ1n) is 6.73. The number of halogens is 1. The van der Waals surface area contributed by atoms with Gasteiger partial charge in [-0.2, -0.15) is 0 Å². The summed E-state index contributed by atoms with van der Waals surface area (Å²) in [5, 5.41) is 4.10. The van der Waals surface area contributed by atoms with Crippen LogP contribution in [-0.4, -0.2) is 11.5 Å². The summed E-state index contributed by atoms with van der Waals surface area (Å²) < 4.78 is 5.86. The second-order valence-electron chi connectivity index (χ2n) is 5.03. The van der Waals surface area contributed by atoms with Crippen molar-refractivity contribution in [3.8, 4) is 11.5 Å². The molecule has 1 aromatic carbocycles. The Labute approximate surface area is 124 Å². The number of benzene rings is 1. The van der Waals surface area contributed by atoms with Gasteiger partial charge >= 0.3 is 0 Å². The van der Waals surface area contributed by atoms with Gasteiger partial charge in [0.05, 0.1) is 6.20 Å². The molecule has 1 N–H and O–H groups in total. The van der Waals surface area contributed by atoms with E-state index in [0.29, 0.717) is 23.2 Å². The molecule has 0 fully saturated rings. The number of pyridine rings is 1. The minimum absolute atomic E-state index is 0.597. The molecule has 2 rings (SSSR count). The topological polar surface area (TPSA) is 34.1 Å². The average molecular weight is 291 g/mol. The molecule has 0 radical (unpaired) electrons. The van der Waals surface area contributed by atoms with E-state index in [1.807, 2.05) is 30.3 Å². The predicted octanol–water partition coefficient (Wildman–Crippen LogP) is 4.27. The van der Waals surface area contributed by atoms with Crippen LogP contribution in [0.15, 0.2) is 42.7 Å². The number of rotatable bonds is 6. The van der Waals surface area contributed by atoms with Crippen molar-refractivity contribution in [1.29, 1.82) is 0 Å². The fourth-order valence-electron chi connectivity index (χ4n) is 1.83. The zero-order valence-electron chi connectivity index (χ0n) is 11.8. The summed E-state index contributed by atoms with van der Waals surface area (Å²) in [5.41, 5.74) is 0.971. The van der Waals surface area contributed by atoms with Gasteiger partial charge in [0.15, 0.2) is 0 Å². The Bertz CT molecular complexity index is 543. The van der Waals surface area contributed by atoms with Crippen LogP contribution in [0.5, 0.6) is 11.5 Å². The number of nitrogens with one attached hydrogen (secondary N) is 1. The van der Waals surface area contributed by atoms with Crippen LogP contribution in [0, 0.1) is 5.92 Å². The average Bonchev–Trinajstić information content (AvgIpc) is 2.43. The Morgan fingerprint density at radius 3 is 2.80 bits per heavy atom. The SMILES string of the molecule is CC(C)CNCc1c(Cl)cccc1Oc1cccnc1. The Balaban J connectivity index is 2.13. The lowest BCUT2D eigenvalue weighted by Crippen LogP contribution is -2.19. The van der Waals surface area contributed by atoms with Crippen molar-refractivity contribution in [2.24, 2.45) is 5.92 Å². The van der Waals surface area contributed by atoms with Gasteiger partial charge in [0.1, 0.15) is 11.5 Å². The van der Waals surface area contributed by atoms with Gasteiger partial charge in [0, 0.05) is 23.3 Å². The highest BCUT2D eigenvalue weighted by molar-refractivity contribution is 6.31. The molecule has 0 aliphatic rings. The third kappa shape index (κ3) is 4.22. The lowest BCUT2D eigenvalue weighted by Gasteiger charge is -2.14. The molecule has 3 nitrogen and oxygen atoms in total. The van der Waals surface area contributed by atoms with E-state index in [2.05, 4.69) is 24.1 Å². The van der Waals surface area contributed by atoms with Crippen molar-refractivity contribution >= 4 is 11.6 Å². The van der Waals surface area contributed by atoms with Crippen LogP contribution in [0.25, 0.3) is 0 Å². The summed E-state index contributed by atoms with van der Waals surface area (Å²) >= 11 is 6.28. The lowest BCUT2D eigenvalue weighted by atomic mass is 10.1. The van der Waals surface area contributed by atoms with Gasteiger partial charge < -0.3 is 10.1 Å². The standard InChI is InChI=1S/C16H19ClN2O/c1-12(2)9-19-11-14-15(17)6-3-7-16(14)20-13-5-4-8-18-10-13/h3-8,10,12,19H,9,11H2,1-2H3. The molecule has 0 saturated heterocycles. The maximum Gasteiger partial charge on any atom is 0.145 e. The monoisotopic (exact) mass is 290 g/mol. The molecule has 106 valence electrons. The van der Waals surface area contributed by atoms with Gasteiger partial charge in [-0.1, -0.05) is 31.5 Å². The van der Waals surface area contributed by atoms with Crippen LogP contribution in [0.4, 0.5) is 0 Å². The number of hydrogen-bond donors (Lipinski definition) is 1. The number of hydrogen-bond acceptors (Lipinski definition) is 3. The van der Waals surface area contributed by atoms with Crippen LogP contribution in [-0.2, 0) is 6.54 Å². The highest BCUT2D eigenvalue weighted by atomic mass is 35.5. The first-order valence-corrected chi connectivity index (χ1v) is 7.10. The van der Waals surface area contributed by atoms with E-state index in [-0.39, 0.29) is 0 Å². The van der Waals surface area contributed by atoms with Crippen molar-refractivity contribution in [1.82, 2.24) is 10.3 Å². The van der Waals surface area contributed by atoms with E-state index in [9.17, 15) is 0 Å². The highest BCUT2D eigenvalue weighted by Crippen LogP contribution is 2.30. The van der Waals surface area contributed by atoms with E-state index in [4.69, 9.17) is 16.3 Å². The van der Waals surface area contributed by atoms with Crippen LogP contribution >= 0.6 is 11.6 Å². The Kier molecular flexibility index (Phi) is 5.39. The van der Waals surface area contributed by atoms with Crippen molar-refractivity contribution in [2.45, 2.75) is 20.4 Å². The molecule has 0 aliphatic carbocycles. The second-order valence-corrected chi connectivity index (χ2v) is 5.44. The molecular formula is C16H19ClN2O.